The van der Waals surface area contributed by atoms with Crippen molar-refractivity contribution in [2.45, 2.75) is 25.4 Å². The van der Waals surface area contributed by atoms with E-state index in [1.54, 1.807) is 6.33 Å². The number of carboxylic acid groups (broad SMARTS) is 1. The Kier molecular flexibility index (Phi) is 2.83. The van der Waals surface area contributed by atoms with E-state index < -0.39 is 12.0 Å². The summed E-state index contributed by atoms with van der Waals surface area (Å²) >= 11 is 0. The van der Waals surface area contributed by atoms with E-state index >= 15 is 0 Å². The molecule has 2 heterocycles. The minimum atomic E-state index is -0.835. The van der Waals surface area contributed by atoms with Gasteiger partial charge in [0, 0.05) is 12.1 Å². The van der Waals surface area contributed by atoms with E-state index in [4.69, 9.17) is 0 Å². The summed E-state index contributed by atoms with van der Waals surface area (Å²) in [6.45, 7) is 2.02. The summed E-state index contributed by atoms with van der Waals surface area (Å²) in [6.07, 6.45) is 2.06. The third-order valence-corrected chi connectivity index (χ3v) is 3.47. The lowest BCUT2D eigenvalue weighted by atomic mass is 9.93. The first-order chi connectivity index (χ1) is 9.15. The fourth-order valence-corrected chi connectivity index (χ4v) is 2.55. The molecule has 1 aliphatic rings. The lowest BCUT2D eigenvalue weighted by Crippen LogP contribution is -2.45. The fourth-order valence-electron chi connectivity index (χ4n) is 2.55. The molecule has 19 heavy (non-hydrogen) atoms. The number of fused-ring (bicyclic) bond motifs is 1. The van der Waals surface area contributed by atoms with E-state index in [0.717, 1.165) is 22.5 Å². The molecule has 0 unspecified atom stereocenters. The highest BCUT2D eigenvalue weighted by molar-refractivity contribution is 5.74. The van der Waals surface area contributed by atoms with E-state index in [1.807, 2.05) is 25.1 Å². The molecule has 3 N–H and O–H groups in total. The van der Waals surface area contributed by atoms with Gasteiger partial charge in [-0.05, 0) is 12.5 Å². The van der Waals surface area contributed by atoms with Crippen LogP contribution in [0.25, 0.3) is 0 Å². The van der Waals surface area contributed by atoms with E-state index in [9.17, 15) is 9.90 Å². The third-order valence-electron chi connectivity index (χ3n) is 3.47. The summed E-state index contributed by atoms with van der Waals surface area (Å²) in [4.78, 5) is 18.6. The van der Waals surface area contributed by atoms with Crippen LogP contribution in [0.3, 0.4) is 0 Å². The van der Waals surface area contributed by atoms with E-state index in [1.165, 1.54) is 0 Å². The van der Waals surface area contributed by atoms with Crippen molar-refractivity contribution in [3.05, 3.63) is 53.1 Å². The Morgan fingerprint density at radius 2 is 2.32 bits per heavy atom. The van der Waals surface area contributed by atoms with Gasteiger partial charge in [0.05, 0.1) is 18.1 Å². The molecule has 5 nitrogen and oxygen atoms in total. The minimum absolute atomic E-state index is 0.170. The topological polar surface area (TPSA) is 78.0 Å². The molecule has 1 aromatic heterocycles. The first-order valence-corrected chi connectivity index (χ1v) is 6.22. The van der Waals surface area contributed by atoms with E-state index in [-0.39, 0.29) is 6.04 Å². The number of nitrogens with zero attached hydrogens (tertiary/aromatic N) is 1. The van der Waals surface area contributed by atoms with Gasteiger partial charge in [-0.1, -0.05) is 29.8 Å². The average Bonchev–Trinajstić information content (AvgIpc) is 2.85. The minimum Gasteiger partial charge on any atom is -0.480 e. The molecule has 98 valence electrons. The van der Waals surface area contributed by atoms with Crippen LogP contribution in [0, 0.1) is 6.92 Å². The molecule has 0 fully saturated rings. The number of nitrogens with one attached hydrogen (secondary N) is 2. The molecule has 1 aliphatic heterocycles. The van der Waals surface area contributed by atoms with Gasteiger partial charge < -0.3 is 10.1 Å². The molecule has 0 saturated carbocycles. The molecule has 0 saturated heterocycles. The molecule has 3 rings (SSSR count). The third kappa shape index (κ3) is 2.13. The highest BCUT2D eigenvalue weighted by atomic mass is 16.4. The highest BCUT2D eigenvalue weighted by Crippen LogP contribution is 2.28. The van der Waals surface area contributed by atoms with Gasteiger partial charge in [-0.2, -0.15) is 0 Å². The van der Waals surface area contributed by atoms with Crippen molar-refractivity contribution in [1.29, 1.82) is 0 Å². The SMILES string of the molecule is Cc1cccc([C@H]2N[C@H](C(=O)O)Cc3[nH]cnc32)c1. The summed E-state index contributed by atoms with van der Waals surface area (Å²) in [5.74, 6) is -0.835. The van der Waals surface area contributed by atoms with Gasteiger partial charge in [-0.15, -0.1) is 0 Å². The van der Waals surface area contributed by atoms with Gasteiger partial charge in [-0.25, -0.2) is 4.98 Å². The van der Waals surface area contributed by atoms with Gasteiger partial charge in [0.1, 0.15) is 6.04 Å². The molecule has 5 heteroatoms. The summed E-state index contributed by atoms with van der Waals surface area (Å²) in [6, 6.07) is 7.29. The molecule has 2 aromatic rings. The number of imidazole rings is 1. The molecule has 0 spiro atoms. The predicted molar refractivity (Wildman–Crippen MR) is 69.9 cm³/mol. The Hall–Kier alpha value is -2.14. The molecule has 0 bridgehead atoms. The average molecular weight is 257 g/mol. The molecular weight excluding hydrogens is 242 g/mol. The number of carbonyl (C=O) groups is 1. The van der Waals surface area contributed by atoms with Crippen LogP contribution in [0.5, 0.6) is 0 Å². The predicted octanol–water partition coefficient (Wildman–Crippen LogP) is 1.41. The molecule has 0 amide bonds. The van der Waals surface area contributed by atoms with Crippen molar-refractivity contribution in [1.82, 2.24) is 15.3 Å². The Morgan fingerprint density at radius 3 is 3.05 bits per heavy atom. The van der Waals surface area contributed by atoms with Gasteiger partial charge in [-0.3, -0.25) is 10.1 Å². The Balaban J connectivity index is 2.03. The van der Waals surface area contributed by atoms with Crippen molar-refractivity contribution in [2.75, 3.05) is 0 Å². The molecule has 1 aromatic carbocycles. The number of H-pyrrole nitrogens is 1. The number of rotatable bonds is 2. The second-order valence-electron chi connectivity index (χ2n) is 4.88. The second kappa shape index (κ2) is 4.51. The normalized spacial score (nSPS) is 21.9. The van der Waals surface area contributed by atoms with Crippen LogP contribution in [-0.4, -0.2) is 27.1 Å². The molecular formula is C14H15N3O2. The Labute approximate surface area is 110 Å². The summed E-state index contributed by atoms with van der Waals surface area (Å²) < 4.78 is 0. The van der Waals surface area contributed by atoms with Crippen LogP contribution >= 0.6 is 0 Å². The Morgan fingerprint density at radius 1 is 1.47 bits per heavy atom. The maximum Gasteiger partial charge on any atom is 0.321 e. The number of aromatic amines is 1. The summed E-state index contributed by atoms with van der Waals surface area (Å²) in [7, 11) is 0. The number of hydrogen-bond acceptors (Lipinski definition) is 3. The van der Waals surface area contributed by atoms with E-state index in [2.05, 4.69) is 21.4 Å². The smallest absolute Gasteiger partial charge is 0.321 e. The fraction of sp³-hybridized carbons (Fsp3) is 0.286. The Bertz CT molecular complexity index is 621. The van der Waals surface area contributed by atoms with Crippen LogP contribution in [-0.2, 0) is 11.2 Å². The van der Waals surface area contributed by atoms with Crippen LogP contribution in [0.4, 0.5) is 0 Å². The van der Waals surface area contributed by atoms with Gasteiger partial charge >= 0.3 is 5.97 Å². The highest BCUT2D eigenvalue weighted by Gasteiger charge is 2.32. The maximum atomic E-state index is 11.2. The second-order valence-corrected chi connectivity index (χ2v) is 4.88. The number of benzene rings is 1. The molecule has 2 atom stereocenters. The largest absolute Gasteiger partial charge is 0.480 e. The van der Waals surface area contributed by atoms with Gasteiger partial charge in [0.15, 0.2) is 0 Å². The summed E-state index contributed by atoms with van der Waals surface area (Å²) in [5, 5.41) is 12.4. The number of carboxylic acids is 1. The zero-order valence-electron chi connectivity index (χ0n) is 10.6. The van der Waals surface area contributed by atoms with Crippen molar-refractivity contribution in [3.63, 3.8) is 0 Å². The van der Waals surface area contributed by atoms with Crippen molar-refractivity contribution < 1.29 is 9.90 Å². The first-order valence-electron chi connectivity index (χ1n) is 6.22. The lowest BCUT2D eigenvalue weighted by molar-refractivity contribution is -0.139. The van der Waals surface area contributed by atoms with Crippen molar-refractivity contribution in [3.8, 4) is 0 Å². The van der Waals surface area contributed by atoms with Crippen LogP contribution < -0.4 is 5.32 Å². The number of hydrogen-bond donors (Lipinski definition) is 3. The van der Waals surface area contributed by atoms with Crippen LogP contribution in [0.1, 0.15) is 28.6 Å². The molecule has 0 radical (unpaired) electrons. The van der Waals surface area contributed by atoms with E-state index in [0.29, 0.717) is 6.42 Å². The summed E-state index contributed by atoms with van der Waals surface area (Å²) in [5.41, 5.74) is 3.98. The van der Waals surface area contributed by atoms with Gasteiger partial charge in [0.2, 0.25) is 0 Å². The van der Waals surface area contributed by atoms with Gasteiger partial charge in [0.25, 0.3) is 0 Å². The number of aryl methyl sites for hydroxylation is 1. The van der Waals surface area contributed by atoms with Crippen LogP contribution in [0.2, 0.25) is 0 Å². The number of aliphatic carboxylic acids is 1. The zero-order chi connectivity index (χ0) is 13.4. The van der Waals surface area contributed by atoms with Crippen molar-refractivity contribution in [2.24, 2.45) is 0 Å². The quantitative estimate of drug-likeness (QED) is 0.760. The standard InChI is InChI=1S/C14H15N3O2/c1-8-3-2-4-9(5-8)12-13-10(15-7-16-13)6-11(17-12)14(18)19/h2-5,7,11-12,17H,6H2,1H3,(H,15,16)(H,18,19)/t11-,12+/m0/s1. The lowest BCUT2D eigenvalue weighted by Gasteiger charge is -2.28. The maximum absolute atomic E-state index is 11.2. The monoisotopic (exact) mass is 257 g/mol. The molecule has 0 aliphatic carbocycles. The van der Waals surface area contributed by atoms with Crippen LogP contribution in [0.15, 0.2) is 30.6 Å². The zero-order valence-corrected chi connectivity index (χ0v) is 10.6. The first kappa shape index (κ1) is 11.9. The van der Waals surface area contributed by atoms with Crippen molar-refractivity contribution >= 4 is 5.97 Å². The number of aromatic nitrogens is 2.